The number of carbonyl (C=O) groups is 1. The van der Waals surface area contributed by atoms with Crippen LogP contribution < -0.4 is 0 Å². The second-order valence-corrected chi connectivity index (χ2v) is 5.83. The molecule has 1 rings (SSSR count). The van der Waals surface area contributed by atoms with Crippen LogP contribution in [0.2, 0.25) is 5.02 Å². The number of amides is 1. The Morgan fingerprint density at radius 3 is 2.58 bits per heavy atom. The van der Waals surface area contributed by atoms with Crippen molar-refractivity contribution in [1.82, 2.24) is 4.90 Å². The van der Waals surface area contributed by atoms with Crippen molar-refractivity contribution in [2.24, 2.45) is 0 Å². The average Bonchev–Trinajstić information content (AvgIpc) is 2.42. The molecule has 0 unspecified atom stereocenters. The molecule has 5 heteroatoms. The Morgan fingerprint density at radius 2 is 1.95 bits per heavy atom. The number of halogens is 1. The van der Waals surface area contributed by atoms with Crippen molar-refractivity contribution in [2.75, 3.05) is 26.0 Å². The van der Waals surface area contributed by atoms with Crippen molar-refractivity contribution >= 4 is 29.3 Å². The van der Waals surface area contributed by atoms with Gasteiger partial charge in [-0.15, -0.1) is 11.8 Å². The lowest BCUT2D eigenvalue weighted by Crippen LogP contribution is -2.29. The summed E-state index contributed by atoms with van der Waals surface area (Å²) in [7, 11) is 1.82. The second kappa shape index (κ2) is 9.23. The summed E-state index contributed by atoms with van der Waals surface area (Å²) in [5, 5.41) is 9.38. The first-order valence-electron chi connectivity index (χ1n) is 6.36. The molecule has 3 nitrogen and oxygen atoms in total. The van der Waals surface area contributed by atoms with Crippen molar-refractivity contribution in [2.45, 2.75) is 24.2 Å². The maximum absolute atomic E-state index is 11.9. The zero-order chi connectivity index (χ0) is 14.1. The molecule has 0 aliphatic heterocycles. The van der Waals surface area contributed by atoms with Gasteiger partial charge in [-0.05, 0) is 43.5 Å². The van der Waals surface area contributed by atoms with Gasteiger partial charge in [0.25, 0.3) is 0 Å². The molecule has 0 radical (unpaired) electrons. The molecule has 0 saturated heterocycles. The predicted octanol–water partition coefficient (Wildman–Crippen LogP) is 3.05. The molecule has 0 saturated carbocycles. The van der Waals surface area contributed by atoms with Crippen molar-refractivity contribution in [1.29, 1.82) is 0 Å². The number of nitrogens with zero attached hydrogens (tertiary/aromatic N) is 1. The normalized spacial score (nSPS) is 10.5. The summed E-state index contributed by atoms with van der Waals surface area (Å²) < 4.78 is 0. The predicted molar refractivity (Wildman–Crippen MR) is 80.7 cm³/mol. The number of hydrogen-bond acceptors (Lipinski definition) is 3. The molecule has 0 spiro atoms. The molecule has 0 heterocycles. The topological polar surface area (TPSA) is 40.5 Å². The van der Waals surface area contributed by atoms with Crippen LogP contribution in [-0.4, -0.2) is 41.9 Å². The number of unbranched alkanes of at least 4 members (excludes halogenated alkanes) is 2. The van der Waals surface area contributed by atoms with E-state index in [0.717, 1.165) is 30.7 Å². The molecule has 1 N–H and O–H groups in total. The molecule has 0 bridgehead atoms. The third-order valence-electron chi connectivity index (χ3n) is 2.75. The van der Waals surface area contributed by atoms with E-state index in [-0.39, 0.29) is 12.5 Å². The maximum atomic E-state index is 11.9. The van der Waals surface area contributed by atoms with E-state index in [1.807, 2.05) is 31.3 Å². The summed E-state index contributed by atoms with van der Waals surface area (Å²) in [6, 6.07) is 7.49. The largest absolute Gasteiger partial charge is 0.396 e. The van der Waals surface area contributed by atoms with Gasteiger partial charge in [0, 0.05) is 30.1 Å². The highest BCUT2D eigenvalue weighted by molar-refractivity contribution is 8.00. The van der Waals surface area contributed by atoms with Gasteiger partial charge in [-0.3, -0.25) is 4.79 Å². The van der Waals surface area contributed by atoms with Gasteiger partial charge in [-0.1, -0.05) is 11.6 Å². The van der Waals surface area contributed by atoms with Crippen LogP contribution in [0.5, 0.6) is 0 Å². The number of carbonyl (C=O) groups excluding carboxylic acids is 1. The minimum Gasteiger partial charge on any atom is -0.396 e. The van der Waals surface area contributed by atoms with E-state index in [1.165, 1.54) is 11.8 Å². The fourth-order valence-corrected chi connectivity index (χ4v) is 2.51. The Balaban J connectivity index is 2.24. The van der Waals surface area contributed by atoms with Gasteiger partial charge in [0.05, 0.1) is 5.75 Å². The fraction of sp³-hybridized carbons (Fsp3) is 0.500. The third-order valence-corrected chi connectivity index (χ3v) is 4.00. The highest BCUT2D eigenvalue weighted by atomic mass is 35.5. The highest BCUT2D eigenvalue weighted by Crippen LogP contribution is 2.20. The number of hydrogen-bond donors (Lipinski definition) is 1. The summed E-state index contributed by atoms with van der Waals surface area (Å²) in [4.78, 5) is 14.7. The average molecular weight is 302 g/mol. The van der Waals surface area contributed by atoms with Crippen LogP contribution in [-0.2, 0) is 4.79 Å². The van der Waals surface area contributed by atoms with E-state index in [1.54, 1.807) is 4.90 Å². The smallest absolute Gasteiger partial charge is 0.232 e. The molecule has 1 aromatic rings. The maximum Gasteiger partial charge on any atom is 0.232 e. The van der Waals surface area contributed by atoms with Crippen LogP contribution in [0.1, 0.15) is 19.3 Å². The number of benzene rings is 1. The van der Waals surface area contributed by atoms with Crippen molar-refractivity contribution < 1.29 is 9.90 Å². The number of rotatable bonds is 8. The van der Waals surface area contributed by atoms with Crippen LogP contribution >= 0.6 is 23.4 Å². The van der Waals surface area contributed by atoms with Crippen LogP contribution in [0.3, 0.4) is 0 Å². The molecule has 0 aliphatic rings. The van der Waals surface area contributed by atoms with Crippen molar-refractivity contribution in [3.8, 4) is 0 Å². The van der Waals surface area contributed by atoms with Crippen molar-refractivity contribution in [3.05, 3.63) is 29.3 Å². The minimum atomic E-state index is 0.129. The first kappa shape index (κ1) is 16.3. The molecule has 0 fully saturated rings. The van der Waals surface area contributed by atoms with E-state index >= 15 is 0 Å². The number of thioether (sulfide) groups is 1. The first-order chi connectivity index (χ1) is 9.13. The van der Waals surface area contributed by atoms with Gasteiger partial charge in [-0.25, -0.2) is 0 Å². The molecule has 106 valence electrons. The van der Waals surface area contributed by atoms with Gasteiger partial charge in [0.2, 0.25) is 5.91 Å². The Morgan fingerprint density at radius 1 is 1.26 bits per heavy atom. The van der Waals surface area contributed by atoms with E-state index in [2.05, 4.69) is 0 Å². The van der Waals surface area contributed by atoms with Crippen LogP contribution in [0.25, 0.3) is 0 Å². The monoisotopic (exact) mass is 301 g/mol. The van der Waals surface area contributed by atoms with Gasteiger partial charge >= 0.3 is 0 Å². The number of aliphatic hydroxyl groups excluding tert-OH is 1. The van der Waals surface area contributed by atoms with Crippen molar-refractivity contribution in [3.63, 3.8) is 0 Å². The molecule has 1 aromatic carbocycles. The van der Waals surface area contributed by atoms with Crippen LogP contribution in [0.15, 0.2) is 29.2 Å². The molecule has 0 aromatic heterocycles. The van der Waals surface area contributed by atoms with E-state index in [4.69, 9.17) is 16.7 Å². The molecule has 0 aliphatic carbocycles. The first-order valence-corrected chi connectivity index (χ1v) is 7.73. The molecular weight excluding hydrogens is 282 g/mol. The Kier molecular flexibility index (Phi) is 7.94. The van der Waals surface area contributed by atoms with Crippen LogP contribution in [0.4, 0.5) is 0 Å². The summed E-state index contributed by atoms with van der Waals surface area (Å²) in [5.41, 5.74) is 0. The standard InChI is InChI=1S/C14H20ClNO2S/c1-16(9-3-2-4-10-17)14(18)11-19-13-7-5-12(15)6-8-13/h5-8,17H,2-4,9-11H2,1H3. The lowest BCUT2D eigenvalue weighted by Gasteiger charge is -2.16. The Labute approximate surface area is 123 Å². The zero-order valence-corrected chi connectivity index (χ0v) is 12.7. The van der Waals surface area contributed by atoms with Crippen LogP contribution in [0, 0.1) is 0 Å². The van der Waals surface area contributed by atoms with Gasteiger partial charge in [-0.2, -0.15) is 0 Å². The molecule has 19 heavy (non-hydrogen) atoms. The molecule has 1 amide bonds. The van der Waals surface area contributed by atoms with E-state index in [0.29, 0.717) is 10.8 Å². The molecular formula is C14H20ClNO2S. The van der Waals surface area contributed by atoms with Gasteiger partial charge in [0.1, 0.15) is 0 Å². The number of aliphatic hydroxyl groups is 1. The quantitative estimate of drug-likeness (QED) is 0.592. The third kappa shape index (κ3) is 6.85. The SMILES string of the molecule is CN(CCCCCO)C(=O)CSc1ccc(Cl)cc1. The van der Waals surface area contributed by atoms with Gasteiger partial charge < -0.3 is 10.0 Å². The van der Waals surface area contributed by atoms with E-state index in [9.17, 15) is 4.79 Å². The Hall–Kier alpha value is -0.710. The van der Waals surface area contributed by atoms with Gasteiger partial charge in [0.15, 0.2) is 0 Å². The fourth-order valence-electron chi connectivity index (χ4n) is 1.55. The highest BCUT2D eigenvalue weighted by Gasteiger charge is 2.08. The summed E-state index contributed by atoms with van der Waals surface area (Å²) >= 11 is 7.32. The summed E-state index contributed by atoms with van der Waals surface area (Å²) in [6.45, 7) is 0.976. The second-order valence-electron chi connectivity index (χ2n) is 4.34. The lowest BCUT2D eigenvalue weighted by molar-refractivity contribution is -0.127. The lowest BCUT2D eigenvalue weighted by atomic mass is 10.2. The summed E-state index contributed by atoms with van der Waals surface area (Å²) in [5.74, 6) is 0.571. The summed E-state index contributed by atoms with van der Waals surface area (Å²) in [6.07, 6.45) is 2.70. The zero-order valence-electron chi connectivity index (χ0n) is 11.1. The Bertz CT molecular complexity index is 384. The molecule has 0 atom stereocenters. The van der Waals surface area contributed by atoms with E-state index < -0.39 is 0 Å². The minimum absolute atomic E-state index is 0.129.